The number of hydrogen-bond donors (Lipinski definition) is 1. The molecule has 0 spiro atoms. The Labute approximate surface area is 110 Å². The van der Waals surface area contributed by atoms with Gasteiger partial charge in [-0.1, -0.05) is 11.6 Å². The largest absolute Gasteiger partial charge is 0.349 e. The molecular weight excluding hydrogens is 264 g/mol. The van der Waals surface area contributed by atoms with Gasteiger partial charge in [-0.25, -0.2) is 4.39 Å². The molecule has 0 aliphatic rings. The lowest BCUT2D eigenvalue weighted by Gasteiger charge is -2.15. The van der Waals surface area contributed by atoms with Crippen molar-refractivity contribution >= 4 is 29.1 Å². The minimum Gasteiger partial charge on any atom is -0.349 e. The van der Waals surface area contributed by atoms with Crippen molar-refractivity contribution in [1.29, 1.82) is 0 Å². The molecule has 0 aromatic heterocycles. The van der Waals surface area contributed by atoms with Crippen molar-refractivity contribution < 1.29 is 9.18 Å². The predicted octanol–water partition coefficient (Wildman–Crippen LogP) is 3.61. The van der Waals surface area contributed by atoms with Crippen molar-refractivity contribution in [3.8, 4) is 0 Å². The van der Waals surface area contributed by atoms with Gasteiger partial charge in [0.1, 0.15) is 5.82 Å². The van der Waals surface area contributed by atoms with E-state index in [1.54, 1.807) is 0 Å². The Morgan fingerprint density at radius 2 is 2.12 bits per heavy atom. The van der Waals surface area contributed by atoms with Gasteiger partial charge in [-0.15, -0.1) is 11.6 Å². The second kappa shape index (κ2) is 6.22. The maximum atomic E-state index is 13.4. The highest BCUT2D eigenvalue weighted by molar-refractivity contribution is 6.31. The molecule has 0 heterocycles. The summed E-state index contributed by atoms with van der Waals surface area (Å²) in [6, 6.07) is 3.76. The number of carbonyl (C=O) groups excluding carboxylic acids is 1. The molecule has 1 aromatic rings. The molecule has 0 aliphatic carbocycles. The van der Waals surface area contributed by atoms with E-state index < -0.39 is 11.7 Å². The maximum absolute atomic E-state index is 13.4. The molecule has 0 radical (unpaired) electrons. The number of hydrogen-bond acceptors (Lipinski definition) is 1. The molecule has 0 saturated heterocycles. The van der Waals surface area contributed by atoms with Crippen LogP contribution in [0.3, 0.4) is 0 Å². The Balaban J connectivity index is 2.73. The van der Waals surface area contributed by atoms with Crippen molar-refractivity contribution in [2.75, 3.05) is 0 Å². The first-order valence-corrected chi connectivity index (χ1v) is 6.11. The summed E-state index contributed by atoms with van der Waals surface area (Å²) < 4.78 is 13.4. The Kier molecular flexibility index (Phi) is 5.22. The fraction of sp³-hybridized carbons (Fsp3) is 0.417. The van der Waals surface area contributed by atoms with E-state index in [-0.39, 0.29) is 17.0 Å². The fourth-order valence-corrected chi connectivity index (χ4v) is 1.96. The SMILES string of the molecule is CC(Cl)CC(C)NC(=O)c1cc(Cl)ccc1F. The molecule has 94 valence electrons. The van der Waals surface area contributed by atoms with E-state index in [4.69, 9.17) is 23.2 Å². The summed E-state index contributed by atoms with van der Waals surface area (Å²) >= 11 is 11.5. The standard InChI is InChI=1S/C12H14Cl2FNO/c1-7(13)5-8(2)16-12(17)10-6-9(14)3-4-11(10)15/h3-4,6-8H,5H2,1-2H3,(H,16,17). The minimum absolute atomic E-state index is 0.0468. The quantitative estimate of drug-likeness (QED) is 0.837. The molecule has 2 atom stereocenters. The topological polar surface area (TPSA) is 29.1 Å². The Morgan fingerprint density at radius 3 is 2.71 bits per heavy atom. The van der Waals surface area contributed by atoms with E-state index in [0.29, 0.717) is 11.4 Å². The third-order valence-corrected chi connectivity index (χ3v) is 2.64. The number of nitrogens with one attached hydrogen (secondary N) is 1. The summed E-state index contributed by atoms with van der Waals surface area (Å²) in [4.78, 5) is 11.8. The van der Waals surface area contributed by atoms with Crippen LogP contribution in [0.2, 0.25) is 5.02 Å². The highest BCUT2D eigenvalue weighted by Crippen LogP contribution is 2.15. The summed E-state index contributed by atoms with van der Waals surface area (Å²) in [5.41, 5.74) is -0.0495. The first-order chi connectivity index (χ1) is 7.90. The highest BCUT2D eigenvalue weighted by atomic mass is 35.5. The number of amides is 1. The normalized spacial score (nSPS) is 14.2. The smallest absolute Gasteiger partial charge is 0.254 e. The van der Waals surface area contributed by atoms with Crippen LogP contribution in [-0.2, 0) is 0 Å². The molecule has 1 aromatic carbocycles. The minimum atomic E-state index is -0.585. The second-order valence-electron chi connectivity index (χ2n) is 4.02. The van der Waals surface area contributed by atoms with E-state index >= 15 is 0 Å². The lowest BCUT2D eigenvalue weighted by Crippen LogP contribution is -2.34. The molecule has 1 amide bonds. The molecule has 0 saturated carbocycles. The average molecular weight is 278 g/mol. The van der Waals surface area contributed by atoms with Gasteiger partial charge in [0.25, 0.3) is 5.91 Å². The van der Waals surface area contributed by atoms with Crippen LogP contribution in [0.15, 0.2) is 18.2 Å². The van der Waals surface area contributed by atoms with Crippen LogP contribution in [0.5, 0.6) is 0 Å². The lowest BCUT2D eigenvalue weighted by atomic mass is 10.1. The molecular formula is C12H14Cl2FNO. The summed E-state index contributed by atoms with van der Waals surface area (Å²) in [6.45, 7) is 3.66. The van der Waals surface area contributed by atoms with Gasteiger partial charge < -0.3 is 5.32 Å². The van der Waals surface area contributed by atoms with Gasteiger partial charge in [0, 0.05) is 16.4 Å². The van der Waals surface area contributed by atoms with Crippen LogP contribution in [0, 0.1) is 5.82 Å². The van der Waals surface area contributed by atoms with Gasteiger partial charge in [0.05, 0.1) is 5.56 Å². The molecule has 0 aliphatic heterocycles. The first-order valence-electron chi connectivity index (χ1n) is 5.30. The third kappa shape index (κ3) is 4.52. The third-order valence-electron chi connectivity index (χ3n) is 2.23. The number of alkyl halides is 1. The Bertz CT molecular complexity index is 409. The number of halogens is 3. The first kappa shape index (κ1) is 14.3. The summed E-state index contributed by atoms with van der Waals surface area (Å²) in [6.07, 6.45) is 0.621. The summed E-state index contributed by atoms with van der Waals surface area (Å²) in [7, 11) is 0. The zero-order valence-electron chi connectivity index (χ0n) is 9.64. The average Bonchev–Trinajstić information content (AvgIpc) is 2.20. The van der Waals surface area contributed by atoms with Crippen LogP contribution < -0.4 is 5.32 Å². The number of carbonyl (C=O) groups is 1. The maximum Gasteiger partial charge on any atom is 0.254 e. The number of benzene rings is 1. The van der Waals surface area contributed by atoms with Crippen molar-refractivity contribution in [3.05, 3.63) is 34.6 Å². The van der Waals surface area contributed by atoms with Crippen molar-refractivity contribution in [1.82, 2.24) is 5.32 Å². The molecule has 1 rings (SSSR count). The van der Waals surface area contributed by atoms with E-state index in [1.165, 1.54) is 18.2 Å². The molecule has 0 fully saturated rings. The zero-order valence-corrected chi connectivity index (χ0v) is 11.1. The van der Waals surface area contributed by atoms with Crippen LogP contribution >= 0.6 is 23.2 Å². The second-order valence-corrected chi connectivity index (χ2v) is 5.20. The fourth-order valence-electron chi connectivity index (χ4n) is 1.52. The van der Waals surface area contributed by atoms with Crippen molar-refractivity contribution in [2.24, 2.45) is 0 Å². The molecule has 17 heavy (non-hydrogen) atoms. The van der Waals surface area contributed by atoms with Gasteiger partial charge in [0.15, 0.2) is 0 Å². The van der Waals surface area contributed by atoms with E-state index in [0.717, 1.165) is 0 Å². The van der Waals surface area contributed by atoms with Crippen LogP contribution in [-0.4, -0.2) is 17.3 Å². The Hall–Kier alpha value is -0.800. The molecule has 2 unspecified atom stereocenters. The monoisotopic (exact) mass is 277 g/mol. The predicted molar refractivity (Wildman–Crippen MR) is 68.3 cm³/mol. The summed E-state index contributed by atoms with van der Waals surface area (Å²) in [5, 5.41) is 2.96. The van der Waals surface area contributed by atoms with E-state index in [1.807, 2.05) is 13.8 Å². The highest BCUT2D eigenvalue weighted by Gasteiger charge is 2.15. The van der Waals surface area contributed by atoms with Gasteiger partial charge in [0.2, 0.25) is 0 Å². The van der Waals surface area contributed by atoms with Crippen LogP contribution in [0.1, 0.15) is 30.6 Å². The molecule has 2 nitrogen and oxygen atoms in total. The van der Waals surface area contributed by atoms with Crippen LogP contribution in [0.4, 0.5) is 4.39 Å². The van der Waals surface area contributed by atoms with Gasteiger partial charge in [-0.05, 0) is 38.5 Å². The Morgan fingerprint density at radius 1 is 1.47 bits per heavy atom. The van der Waals surface area contributed by atoms with Gasteiger partial charge in [-0.3, -0.25) is 4.79 Å². The zero-order chi connectivity index (χ0) is 13.0. The van der Waals surface area contributed by atoms with Crippen molar-refractivity contribution in [3.63, 3.8) is 0 Å². The van der Waals surface area contributed by atoms with E-state index in [2.05, 4.69) is 5.32 Å². The summed E-state index contributed by atoms with van der Waals surface area (Å²) in [5.74, 6) is -1.06. The van der Waals surface area contributed by atoms with Crippen molar-refractivity contribution in [2.45, 2.75) is 31.7 Å². The van der Waals surface area contributed by atoms with E-state index in [9.17, 15) is 9.18 Å². The van der Waals surface area contributed by atoms with Crippen LogP contribution in [0.25, 0.3) is 0 Å². The molecule has 1 N–H and O–H groups in total. The molecule has 5 heteroatoms. The number of rotatable bonds is 4. The van der Waals surface area contributed by atoms with Gasteiger partial charge >= 0.3 is 0 Å². The van der Waals surface area contributed by atoms with Gasteiger partial charge in [-0.2, -0.15) is 0 Å². The molecule has 0 bridgehead atoms. The lowest BCUT2D eigenvalue weighted by molar-refractivity contribution is 0.0934.